The van der Waals surface area contributed by atoms with E-state index in [1.165, 1.54) is 0 Å². The number of nitrogens with zero attached hydrogens (tertiary/aromatic N) is 1. The molecule has 3 N–H and O–H groups in total. The zero-order valence-electron chi connectivity index (χ0n) is 14.2. The fraction of sp³-hybridized carbons (Fsp3) is 0.389. The highest BCUT2D eigenvalue weighted by Crippen LogP contribution is 2.22. The molecule has 2 rings (SSSR count). The van der Waals surface area contributed by atoms with Crippen molar-refractivity contribution in [1.29, 1.82) is 0 Å². The van der Waals surface area contributed by atoms with Crippen LogP contribution in [0.2, 0.25) is 0 Å². The standard InChI is InChI=1S/C18H25N3O2/c1-12(19)9-10-20-18(22)17-11-13(2)21(14(17)3)15-5-7-16(23-4)8-6-15/h5-8,11-12H,9-10,19H2,1-4H3,(H,20,22). The Morgan fingerprint density at radius 1 is 1.30 bits per heavy atom. The van der Waals surface area contributed by atoms with Crippen LogP contribution >= 0.6 is 0 Å². The van der Waals surface area contributed by atoms with E-state index in [-0.39, 0.29) is 11.9 Å². The van der Waals surface area contributed by atoms with Gasteiger partial charge < -0.3 is 20.4 Å². The number of hydrogen-bond acceptors (Lipinski definition) is 3. The molecule has 0 saturated heterocycles. The Balaban J connectivity index is 2.22. The number of amides is 1. The molecule has 124 valence electrons. The van der Waals surface area contributed by atoms with Gasteiger partial charge in [0.25, 0.3) is 5.91 Å². The summed E-state index contributed by atoms with van der Waals surface area (Å²) in [5, 5.41) is 2.93. The van der Waals surface area contributed by atoms with E-state index in [1.807, 2.05) is 51.1 Å². The Kier molecular flexibility index (Phi) is 5.45. The second-order valence-corrected chi connectivity index (χ2v) is 5.84. The molecule has 1 heterocycles. The Bertz CT molecular complexity index is 672. The van der Waals surface area contributed by atoms with Gasteiger partial charge in [-0.2, -0.15) is 0 Å². The maximum absolute atomic E-state index is 12.4. The number of methoxy groups -OCH3 is 1. The van der Waals surface area contributed by atoms with Crippen molar-refractivity contribution in [3.8, 4) is 11.4 Å². The van der Waals surface area contributed by atoms with E-state index < -0.39 is 0 Å². The molecule has 0 bridgehead atoms. The Hall–Kier alpha value is -2.27. The summed E-state index contributed by atoms with van der Waals surface area (Å²) in [5.74, 6) is 0.753. The molecular formula is C18H25N3O2. The topological polar surface area (TPSA) is 69.3 Å². The fourth-order valence-electron chi connectivity index (χ4n) is 2.63. The predicted molar refractivity (Wildman–Crippen MR) is 92.4 cm³/mol. The van der Waals surface area contributed by atoms with Gasteiger partial charge in [0.1, 0.15) is 5.75 Å². The van der Waals surface area contributed by atoms with E-state index in [4.69, 9.17) is 10.5 Å². The van der Waals surface area contributed by atoms with Gasteiger partial charge in [-0.25, -0.2) is 0 Å². The van der Waals surface area contributed by atoms with E-state index in [0.29, 0.717) is 12.1 Å². The van der Waals surface area contributed by atoms with Gasteiger partial charge in [-0.1, -0.05) is 0 Å². The summed E-state index contributed by atoms with van der Waals surface area (Å²) in [6, 6.07) is 9.79. The number of carbonyl (C=O) groups excluding carboxylic acids is 1. The zero-order valence-corrected chi connectivity index (χ0v) is 14.2. The van der Waals surface area contributed by atoms with Crippen molar-refractivity contribution < 1.29 is 9.53 Å². The smallest absolute Gasteiger partial charge is 0.253 e. The van der Waals surface area contributed by atoms with Crippen LogP contribution in [-0.4, -0.2) is 30.2 Å². The zero-order chi connectivity index (χ0) is 17.0. The molecule has 0 saturated carbocycles. The maximum Gasteiger partial charge on any atom is 0.253 e. The molecule has 1 aromatic carbocycles. The lowest BCUT2D eigenvalue weighted by Gasteiger charge is -2.11. The molecule has 2 aromatic rings. The minimum Gasteiger partial charge on any atom is -0.497 e. The van der Waals surface area contributed by atoms with Crippen LogP contribution in [0.5, 0.6) is 5.75 Å². The number of nitrogens with two attached hydrogens (primary N) is 1. The highest BCUT2D eigenvalue weighted by atomic mass is 16.5. The Morgan fingerprint density at radius 3 is 2.52 bits per heavy atom. The molecular weight excluding hydrogens is 290 g/mol. The highest BCUT2D eigenvalue weighted by molar-refractivity contribution is 5.95. The third kappa shape index (κ3) is 3.93. The maximum atomic E-state index is 12.4. The second kappa shape index (κ2) is 7.33. The van der Waals surface area contributed by atoms with Crippen LogP contribution in [0, 0.1) is 13.8 Å². The summed E-state index contributed by atoms with van der Waals surface area (Å²) in [5.41, 5.74) is 9.36. The lowest BCUT2D eigenvalue weighted by molar-refractivity contribution is 0.0952. The number of aryl methyl sites for hydroxylation is 1. The monoisotopic (exact) mass is 315 g/mol. The molecule has 23 heavy (non-hydrogen) atoms. The van der Waals surface area contributed by atoms with Crippen LogP contribution in [0.15, 0.2) is 30.3 Å². The molecule has 0 aliphatic heterocycles. The third-order valence-corrected chi connectivity index (χ3v) is 3.89. The summed E-state index contributed by atoms with van der Waals surface area (Å²) < 4.78 is 7.26. The molecule has 5 nitrogen and oxygen atoms in total. The molecule has 0 spiro atoms. The van der Waals surface area contributed by atoms with Crippen LogP contribution in [-0.2, 0) is 0 Å². The fourth-order valence-corrected chi connectivity index (χ4v) is 2.63. The quantitative estimate of drug-likeness (QED) is 0.861. The van der Waals surface area contributed by atoms with Crippen molar-refractivity contribution in [3.05, 3.63) is 47.3 Å². The van der Waals surface area contributed by atoms with E-state index in [2.05, 4.69) is 9.88 Å². The van der Waals surface area contributed by atoms with Crippen molar-refractivity contribution >= 4 is 5.91 Å². The highest BCUT2D eigenvalue weighted by Gasteiger charge is 2.16. The van der Waals surface area contributed by atoms with Gasteiger partial charge in [0.15, 0.2) is 0 Å². The van der Waals surface area contributed by atoms with Crippen molar-refractivity contribution in [2.45, 2.75) is 33.2 Å². The first-order chi connectivity index (χ1) is 10.9. The summed E-state index contributed by atoms with van der Waals surface area (Å²) in [4.78, 5) is 12.4. The number of rotatable bonds is 6. The van der Waals surface area contributed by atoms with Crippen LogP contribution in [0.1, 0.15) is 35.1 Å². The van der Waals surface area contributed by atoms with Crippen molar-refractivity contribution in [1.82, 2.24) is 9.88 Å². The predicted octanol–water partition coefficient (Wildman–Crippen LogP) is 2.57. The van der Waals surface area contributed by atoms with E-state index in [0.717, 1.165) is 29.2 Å². The van der Waals surface area contributed by atoms with Crippen molar-refractivity contribution in [2.75, 3.05) is 13.7 Å². The van der Waals surface area contributed by atoms with Gasteiger partial charge in [-0.15, -0.1) is 0 Å². The Labute approximate surface area is 137 Å². The molecule has 1 aromatic heterocycles. The SMILES string of the molecule is COc1ccc(-n2c(C)cc(C(=O)NCCC(C)N)c2C)cc1. The van der Waals surface area contributed by atoms with Crippen molar-refractivity contribution in [3.63, 3.8) is 0 Å². The van der Waals surface area contributed by atoms with E-state index in [1.54, 1.807) is 7.11 Å². The molecule has 1 amide bonds. The van der Waals surface area contributed by atoms with Gasteiger partial charge >= 0.3 is 0 Å². The first-order valence-electron chi connectivity index (χ1n) is 7.81. The largest absolute Gasteiger partial charge is 0.497 e. The number of carbonyl (C=O) groups is 1. The van der Waals surface area contributed by atoms with Crippen LogP contribution < -0.4 is 15.8 Å². The van der Waals surface area contributed by atoms with Gasteiger partial charge in [0, 0.05) is 29.7 Å². The molecule has 0 aliphatic rings. The average molecular weight is 315 g/mol. The lowest BCUT2D eigenvalue weighted by Crippen LogP contribution is -2.29. The average Bonchev–Trinajstić information content (AvgIpc) is 2.82. The summed E-state index contributed by atoms with van der Waals surface area (Å²) >= 11 is 0. The number of hydrogen-bond donors (Lipinski definition) is 2. The minimum atomic E-state index is -0.0569. The molecule has 0 radical (unpaired) electrons. The number of benzene rings is 1. The number of ether oxygens (including phenoxy) is 1. The first kappa shape index (κ1) is 17.1. The Morgan fingerprint density at radius 2 is 1.96 bits per heavy atom. The number of aromatic nitrogens is 1. The summed E-state index contributed by atoms with van der Waals surface area (Å²) in [7, 11) is 1.64. The lowest BCUT2D eigenvalue weighted by atomic mass is 10.2. The molecule has 0 fully saturated rings. The number of nitrogens with one attached hydrogen (secondary N) is 1. The van der Waals surface area contributed by atoms with Crippen molar-refractivity contribution in [2.24, 2.45) is 5.73 Å². The molecule has 1 atom stereocenters. The summed E-state index contributed by atoms with van der Waals surface area (Å²) in [6.45, 7) is 6.47. The van der Waals surface area contributed by atoms with Gasteiger partial charge in [-0.3, -0.25) is 4.79 Å². The van der Waals surface area contributed by atoms with Crippen LogP contribution in [0.4, 0.5) is 0 Å². The normalized spacial score (nSPS) is 12.0. The second-order valence-electron chi connectivity index (χ2n) is 5.84. The van der Waals surface area contributed by atoms with Gasteiger partial charge in [0.05, 0.1) is 12.7 Å². The third-order valence-electron chi connectivity index (χ3n) is 3.89. The molecule has 1 unspecified atom stereocenters. The minimum absolute atomic E-state index is 0.0569. The van der Waals surface area contributed by atoms with E-state index in [9.17, 15) is 4.79 Å². The van der Waals surface area contributed by atoms with Crippen LogP contribution in [0.3, 0.4) is 0 Å². The molecule has 5 heteroatoms. The van der Waals surface area contributed by atoms with Gasteiger partial charge in [0.2, 0.25) is 0 Å². The first-order valence-corrected chi connectivity index (χ1v) is 7.81. The van der Waals surface area contributed by atoms with E-state index >= 15 is 0 Å². The van der Waals surface area contributed by atoms with Crippen LogP contribution in [0.25, 0.3) is 5.69 Å². The van der Waals surface area contributed by atoms with Gasteiger partial charge in [-0.05, 0) is 57.5 Å². The summed E-state index contributed by atoms with van der Waals surface area (Å²) in [6.07, 6.45) is 0.767. The molecule has 0 aliphatic carbocycles.